The maximum Gasteiger partial charge on any atom is 0.264 e. The molecule has 0 aliphatic rings. The first-order valence-corrected chi connectivity index (χ1v) is 5.33. The zero-order chi connectivity index (χ0) is 8.91. The molecule has 0 aromatic carbocycles. The van der Waals surface area contributed by atoms with Crippen LogP contribution in [0.4, 0.5) is 0 Å². The van der Waals surface area contributed by atoms with Gasteiger partial charge in [-0.3, -0.25) is 4.55 Å². The van der Waals surface area contributed by atoms with Gasteiger partial charge in [0.2, 0.25) is 0 Å². The topological polar surface area (TPSA) is 54.4 Å². The van der Waals surface area contributed by atoms with Gasteiger partial charge in [-0.1, -0.05) is 20.3 Å². The maximum atomic E-state index is 10.2. The Balaban J connectivity index is 3.43. The Morgan fingerprint density at radius 1 is 1.45 bits per heavy atom. The summed E-state index contributed by atoms with van der Waals surface area (Å²) < 4.78 is 28.9. The minimum absolute atomic E-state index is 0.121. The van der Waals surface area contributed by atoms with Crippen LogP contribution in [0.1, 0.15) is 33.1 Å². The molecule has 0 bridgehead atoms. The fourth-order valence-electron chi connectivity index (χ4n) is 0.733. The van der Waals surface area contributed by atoms with Crippen molar-refractivity contribution in [3.63, 3.8) is 0 Å². The van der Waals surface area contributed by atoms with E-state index in [1.807, 2.05) is 13.8 Å². The van der Waals surface area contributed by atoms with Gasteiger partial charge < -0.3 is 0 Å². The summed E-state index contributed by atoms with van der Waals surface area (Å²) >= 11 is 0. The van der Waals surface area contributed by atoms with E-state index in [9.17, 15) is 8.42 Å². The average Bonchev–Trinajstić information content (AvgIpc) is 1.85. The van der Waals surface area contributed by atoms with Gasteiger partial charge in [-0.2, -0.15) is 8.42 Å². The van der Waals surface area contributed by atoms with Gasteiger partial charge in [0.1, 0.15) is 0 Å². The van der Waals surface area contributed by atoms with Gasteiger partial charge in [-0.25, -0.2) is 0 Å². The van der Waals surface area contributed by atoms with Crippen LogP contribution in [0.15, 0.2) is 0 Å². The SMILES string of the molecule is CC[C](C)CCCS(=O)(=O)O. The van der Waals surface area contributed by atoms with E-state index in [4.69, 9.17) is 4.55 Å². The van der Waals surface area contributed by atoms with Crippen molar-refractivity contribution in [1.82, 2.24) is 0 Å². The van der Waals surface area contributed by atoms with E-state index >= 15 is 0 Å². The van der Waals surface area contributed by atoms with Crippen LogP contribution in [0.5, 0.6) is 0 Å². The zero-order valence-electron chi connectivity index (χ0n) is 7.00. The van der Waals surface area contributed by atoms with E-state index in [-0.39, 0.29) is 5.75 Å². The van der Waals surface area contributed by atoms with Crippen molar-refractivity contribution in [2.24, 2.45) is 0 Å². The highest BCUT2D eigenvalue weighted by Gasteiger charge is 2.05. The lowest BCUT2D eigenvalue weighted by molar-refractivity contribution is 0.480. The molecule has 0 unspecified atom stereocenters. The Hall–Kier alpha value is -0.0900. The highest BCUT2D eigenvalue weighted by atomic mass is 32.2. The van der Waals surface area contributed by atoms with Crippen molar-refractivity contribution in [3.05, 3.63) is 5.92 Å². The standard InChI is InChI=1S/C7H15O3S/c1-3-7(2)5-4-6-11(8,9)10/h3-6H2,1-2H3,(H,8,9,10). The first-order valence-electron chi connectivity index (χ1n) is 3.72. The third-order valence-corrected chi connectivity index (χ3v) is 2.41. The first kappa shape index (κ1) is 10.9. The summed E-state index contributed by atoms with van der Waals surface area (Å²) in [5.41, 5.74) is 0. The van der Waals surface area contributed by atoms with Crippen LogP contribution in [0.2, 0.25) is 0 Å². The first-order chi connectivity index (χ1) is 4.95. The molecule has 0 aromatic rings. The predicted molar refractivity (Wildman–Crippen MR) is 44.9 cm³/mol. The summed E-state index contributed by atoms with van der Waals surface area (Å²) in [6.45, 7) is 4.02. The summed E-state index contributed by atoms with van der Waals surface area (Å²) in [6, 6.07) is 0. The molecule has 3 nitrogen and oxygen atoms in total. The van der Waals surface area contributed by atoms with E-state index in [1.54, 1.807) is 0 Å². The molecule has 0 spiro atoms. The Morgan fingerprint density at radius 3 is 2.36 bits per heavy atom. The van der Waals surface area contributed by atoms with Crippen molar-refractivity contribution < 1.29 is 13.0 Å². The largest absolute Gasteiger partial charge is 0.286 e. The lowest BCUT2D eigenvalue weighted by Crippen LogP contribution is -2.04. The Labute approximate surface area is 68.6 Å². The second-order valence-corrected chi connectivity index (χ2v) is 4.27. The van der Waals surface area contributed by atoms with Gasteiger partial charge in [0.15, 0.2) is 0 Å². The third-order valence-electron chi connectivity index (χ3n) is 1.61. The van der Waals surface area contributed by atoms with Gasteiger partial charge in [-0.15, -0.1) is 0 Å². The van der Waals surface area contributed by atoms with Crippen LogP contribution in [-0.4, -0.2) is 18.7 Å². The molecule has 0 heterocycles. The van der Waals surface area contributed by atoms with Gasteiger partial charge in [-0.05, 0) is 18.8 Å². The lowest BCUT2D eigenvalue weighted by Gasteiger charge is -2.04. The van der Waals surface area contributed by atoms with E-state index < -0.39 is 10.1 Å². The molecule has 0 saturated heterocycles. The highest BCUT2D eigenvalue weighted by Crippen LogP contribution is 2.11. The molecule has 11 heavy (non-hydrogen) atoms. The monoisotopic (exact) mass is 179 g/mol. The summed E-state index contributed by atoms with van der Waals surface area (Å²) in [5, 5.41) is 0. The maximum absolute atomic E-state index is 10.2. The quantitative estimate of drug-likeness (QED) is 0.653. The molecular formula is C7H15O3S. The zero-order valence-corrected chi connectivity index (χ0v) is 7.82. The second-order valence-electron chi connectivity index (χ2n) is 2.70. The molecular weight excluding hydrogens is 164 g/mol. The molecule has 1 N–H and O–H groups in total. The van der Waals surface area contributed by atoms with Crippen LogP contribution < -0.4 is 0 Å². The Bertz CT molecular complexity index is 184. The van der Waals surface area contributed by atoms with Crippen LogP contribution in [0.3, 0.4) is 0 Å². The summed E-state index contributed by atoms with van der Waals surface area (Å²) in [7, 11) is -3.74. The van der Waals surface area contributed by atoms with Crippen molar-refractivity contribution in [1.29, 1.82) is 0 Å². The van der Waals surface area contributed by atoms with Crippen LogP contribution in [0, 0.1) is 5.92 Å². The summed E-state index contributed by atoms with van der Waals surface area (Å²) in [5.74, 6) is 1.15. The van der Waals surface area contributed by atoms with Crippen molar-refractivity contribution in [2.45, 2.75) is 33.1 Å². The van der Waals surface area contributed by atoms with Crippen molar-refractivity contribution in [3.8, 4) is 0 Å². The number of rotatable bonds is 5. The third kappa shape index (κ3) is 7.81. The summed E-state index contributed by atoms with van der Waals surface area (Å²) in [6.07, 6.45) is 2.29. The fraction of sp³-hybridized carbons (Fsp3) is 0.857. The predicted octanol–water partition coefficient (Wildman–Crippen LogP) is 1.66. The normalized spacial score (nSPS) is 12.4. The minimum atomic E-state index is -3.74. The van der Waals surface area contributed by atoms with Gasteiger partial charge in [0, 0.05) is 0 Å². The summed E-state index contributed by atoms with van der Waals surface area (Å²) in [4.78, 5) is 0. The lowest BCUT2D eigenvalue weighted by atomic mass is 10.0. The number of hydrogen-bond donors (Lipinski definition) is 1. The van der Waals surface area contributed by atoms with Gasteiger partial charge in [0.05, 0.1) is 5.75 Å². The molecule has 0 amide bonds. The molecule has 1 radical (unpaired) electrons. The van der Waals surface area contributed by atoms with Gasteiger partial charge in [0.25, 0.3) is 10.1 Å². The van der Waals surface area contributed by atoms with Crippen molar-refractivity contribution >= 4 is 10.1 Å². The molecule has 0 rings (SSSR count). The smallest absolute Gasteiger partial charge is 0.264 e. The molecule has 0 aromatic heterocycles. The van der Waals surface area contributed by atoms with Gasteiger partial charge >= 0.3 is 0 Å². The minimum Gasteiger partial charge on any atom is -0.286 e. The van der Waals surface area contributed by atoms with E-state index in [1.165, 1.54) is 5.92 Å². The van der Waals surface area contributed by atoms with Crippen LogP contribution in [-0.2, 0) is 10.1 Å². The fourth-order valence-corrected chi connectivity index (χ4v) is 1.24. The van der Waals surface area contributed by atoms with E-state index in [2.05, 4.69) is 0 Å². The molecule has 67 valence electrons. The number of hydrogen-bond acceptors (Lipinski definition) is 2. The van der Waals surface area contributed by atoms with Crippen LogP contribution >= 0.6 is 0 Å². The molecule has 0 fully saturated rings. The van der Waals surface area contributed by atoms with Crippen LogP contribution in [0.25, 0.3) is 0 Å². The Kier molecular flexibility index (Phi) is 4.68. The van der Waals surface area contributed by atoms with E-state index in [0.29, 0.717) is 6.42 Å². The highest BCUT2D eigenvalue weighted by molar-refractivity contribution is 7.85. The molecule has 0 saturated carbocycles. The second kappa shape index (κ2) is 4.72. The molecule has 0 atom stereocenters. The van der Waals surface area contributed by atoms with Crippen molar-refractivity contribution in [2.75, 3.05) is 5.75 Å². The molecule has 4 heteroatoms. The van der Waals surface area contributed by atoms with E-state index in [0.717, 1.165) is 12.8 Å². The molecule has 0 aliphatic heterocycles. The average molecular weight is 179 g/mol. The Morgan fingerprint density at radius 2 is 2.00 bits per heavy atom. The molecule has 0 aliphatic carbocycles.